The highest BCUT2D eigenvalue weighted by Gasteiger charge is 2.22. The lowest BCUT2D eigenvalue weighted by atomic mass is 10.1. The number of benzene rings is 2. The van der Waals surface area contributed by atoms with Crippen LogP contribution < -0.4 is 24.7 Å². The zero-order valence-corrected chi connectivity index (χ0v) is 15.5. The molecule has 0 saturated heterocycles. The summed E-state index contributed by atoms with van der Waals surface area (Å²) in [6.07, 6.45) is 0. The second kappa shape index (κ2) is 7.92. The zero-order chi connectivity index (χ0) is 19.4. The first-order valence-electron chi connectivity index (χ1n) is 8.11. The largest absolute Gasteiger partial charge is 0.497 e. The van der Waals surface area contributed by atoms with Crippen LogP contribution in [0.2, 0.25) is 0 Å². The molecule has 1 atom stereocenters. The number of aromatic nitrogens is 4. The molecule has 0 aliphatic carbocycles. The van der Waals surface area contributed by atoms with Gasteiger partial charge in [0, 0.05) is 0 Å². The molecule has 0 fully saturated rings. The third-order valence-electron chi connectivity index (χ3n) is 4.13. The number of hydrogen-bond acceptors (Lipinski definition) is 8. The van der Waals surface area contributed by atoms with Gasteiger partial charge in [0.2, 0.25) is 5.75 Å². The highest BCUT2D eigenvalue weighted by atomic mass is 16.5. The van der Waals surface area contributed by atoms with Crippen molar-refractivity contribution in [3.05, 3.63) is 47.8 Å². The first-order chi connectivity index (χ1) is 13.1. The number of rotatable bonds is 7. The van der Waals surface area contributed by atoms with E-state index in [2.05, 4.69) is 15.5 Å². The van der Waals surface area contributed by atoms with Crippen molar-refractivity contribution in [3.8, 4) is 28.7 Å². The standard InChI is InChI=1S/C18H21N5O4/c1-24-13-7-5-12(6-8-13)23-18(20-21-22-23)16(19)11-9-14(25-2)17(27-4)15(10-11)26-3/h5-10,16H,19H2,1-4H3. The quantitative estimate of drug-likeness (QED) is 0.669. The van der Waals surface area contributed by atoms with Crippen molar-refractivity contribution in [2.45, 2.75) is 6.04 Å². The number of nitrogens with zero attached hydrogens (tertiary/aromatic N) is 4. The minimum absolute atomic E-state index is 0.467. The lowest BCUT2D eigenvalue weighted by molar-refractivity contribution is 0.323. The fraction of sp³-hybridized carbons (Fsp3) is 0.278. The first kappa shape index (κ1) is 18.5. The van der Waals surface area contributed by atoms with Crippen molar-refractivity contribution in [1.82, 2.24) is 20.2 Å². The molecule has 2 aromatic carbocycles. The van der Waals surface area contributed by atoms with Gasteiger partial charge >= 0.3 is 0 Å². The van der Waals surface area contributed by atoms with E-state index in [9.17, 15) is 0 Å². The Labute approximate surface area is 156 Å². The Morgan fingerprint density at radius 1 is 0.889 bits per heavy atom. The van der Waals surface area contributed by atoms with Crippen molar-refractivity contribution < 1.29 is 18.9 Å². The van der Waals surface area contributed by atoms with E-state index in [4.69, 9.17) is 24.7 Å². The fourth-order valence-electron chi connectivity index (χ4n) is 2.73. The summed E-state index contributed by atoms with van der Waals surface area (Å²) in [4.78, 5) is 0. The molecule has 9 heteroatoms. The van der Waals surface area contributed by atoms with Gasteiger partial charge in [-0.3, -0.25) is 0 Å². The van der Waals surface area contributed by atoms with E-state index < -0.39 is 6.04 Å². The predicted molar refractivity (Wildman–Crippen MR) is 97.8 cm³/mol. The van der Waals surface area contributed by atoms with E-state index in [1.807, 2.05) is 24.3 Å². The van der Waals surface area contributed by atoms with Crippen LogP contribution >= 0.6 is 0 Å². The minimum atomic E-state index is -0.615. The maximum absolute atomic E-state index is 6.45. The van der Waals surface area contributed by atoms with Crippen LogP contribution in [-0.4, -0.2) is 48.6 Å². The minimum Gasteiger partial charge on any atom is -0.497 e. The highest BCUT2D eigenvalue weighted by molar-refractivity contribution is 5.55. The van der Waals surface area contributed by atoms with Gasteiger partial charge in [-0.25, -0.2) is 0 Å². The lowest BCUT2D eigenvalue weighted by Gasteiger charge is -2.17. The molecule has 0 aliphatic heterocycles. The van der Waals surface area contributed by atoms with Crippen molar-refractivity contribution in [3.63, 3.8) is 0 Å². The van der Waals surface area contributed by atoms with Crippen LogP contribution in [0.3, 0.4) is 0 Å². The fourth-order valence-corrected chi connectivity index (χ4v) is 2.73. The SMILES string of the molecule is COc1ccc(-n2nnnc2C(N)c2cc(OC)c(OC)c(OC)c2)cc1. The normalized spacial score (nSPS) is 11.7. The van der Waals surface area contributed by atoms with E-state index in [1.54, 1.807) is 45.3 Å². The highest BCUT2D eigenvalue weighted by Crippen LogP contribution is 2.40. The molecule has 142 valence electrons. The molecular formula is C18H21N5O4. The number of nitrogens with two attached hydrogens (primary N) is 1. The molecule has 3 rings (SSSR count). The number of methoxy groups -OCH3 is 4. The van der Waals surface area contributed by atoms with Crippen LogP contribution in [0.15, 0.2) is 36.4 Å². The maximum atomic E-state index is 6.45. The number of tetrazole rings is 1. The van der Waals surface area contributed by atoms with Crippen LogP contribution in [0.5, 0.6) is 23.0 Å². The molecule has 3 aromatic rings. The smallest absolute Gasteiger partial charge is 0.203 e. The zero-order valence-electron chi connectivity index (χ0n) is 15.5. The van der Waals surface area contributed by atoms with Crippen molar-refractivity contribution in [2.24, 2.45) is 5.73 Å². The predicted octanol–water partition coefficient (Wildman–Crippen LogP) is 1.74. The van der Waals surface area contributed by atoms with Crippen LogP contribution in [0.4, 0.5) is 0 Å². The van der Waals surface area contributed by atoms with Gasteiger partial charge < -0.3 is 24.7 Å². The Balaban J connectivity index is 2.02. The van der Waals surface area contributed by atoms with Gasteiger partial charge in [0.15, 0.2) is 17.3 Å². The van der Waals surface area contributed by atoms with Crippen LogP contribution in [-0.2, 0) is 0 Å². The molecule has 27 heavy (non-hydrogen) atoms. The molecule has 1 aromatic heterocycles. The molecule has 0 bridgehead atoms. The third kappa shape index (κ3) is 3.49. The molecule has 9 nitrogen and oxygen atoms in total. The van der Waals surface area contributed by atoms with Crippen LogP contribution in [0.25, 0.3) is 5.69 Å². The molecule has 2 N–H and O–H groups in total. The summed E-state index contributed by atoms with van der Waals surface area (Å²) in [5.41, 5.74) is 7.93. The second-order valence-corrected chi connectivity index (χ2v) is 5.58. The van der Waals surface area contributed by atoms with Gasteiger partial charge in [-0.05, 0) is 52.4 Å². The monoisotopic (exact) mass is 371 g/mol. The van der Waals surface area contributed by atoms with E-state index in [1.165, 1.54) is 0 Å². The Morgan fingerprint density at radius 3 is 2.04 bits per heavy atom. The Hall–Kier alpha value is -3.33. The van der Waals surface area contributed by atoms with Gasteiger partial charge in [-0.1, -0.05) is 0 Å². The molecule has 0 amide bonds. The van der Waals surface area contributed by atoms with Gasteiger partial charge in [0.25, 0.3) is 0 Å². The van der Waals surface area contributed by atoms with E-state index in [0.29, 0.717) is 28.6 Å². The molecule has 0 spiro atoms. The van der Waals surface area contributed by atoms with E-state index >= 15 is 0 Å². The first-order valence-corrected chi connectivity index (χ1v) is 8.11. The van der Waals surface area contributed by atoms with Crippen molar-refractivity contribution in [2.75, 3.05) is 28.4 Å². The van der Waals surface area contributed by atoms with E-state index in [-0.39, 0.29) is 0 Å². The average molecular weight is 371 g/mol. The summed E-state index contributed by atoms with van der Waals surface area (Å²) >= 11 is 0. The molecular weight excluding hydrogens is 350 g/mol. The summed E-state index contributed by atoms with van der Waals surface area (Å²) in [5.74, 6) is 2.71. The molecule has 0 radical (unpaired) electrons. The van der Waals surface area contributed by atoms with Gasteiger partial charge in [-0.15, -0.1) is 5.10 Å². The molecule has 1 heterocycles. The Bertz CT molecular complexity index is 885. The van der Waals surface area contributed by atoms with Crippen LogP contribution in [0, 0.1) is 0 Å². The molecule has 0 saturated carbocycles. The summed E-state index contributed by atoms with van der Waals surface area (Å²) in [5, 5.41) is 11.9. The maximum Gasteiger partial charge on any atom is 0.203 e. The second-order valence-electron chi connectivity index (χ2n) is 5.58. The summed E-state index contributed by atoms with van der Waals surface area (Å²) in [6.45, 7) is 0. The molecule has 0 aliphatic rings. The lowest BCUT2D eigenvalue weighted by Crippen LogP contribution is -2.18. The van der Waals surface area contributed by atoms with Gasteiger partial charge in [0.1, 0.15) is 5.75 Å². The number of hydrogen-bond donors (Lipinski definition) is 1. The summed E-state index contributed by atoms with van der Waals surface area (Å²) < 4.78 is 22.9. The third-order valence-corrected chi connectivity index (χ3v) is 4.13. The average Bonchev–Trinajstić information content (AvgIpc) is 3.21. The van der Waals surface area contributed by atoms with Crippen molar-refractivity contribution >= 4 is 0 Å². The van der Waals surface area contributed by atoms with E-state index in [0.717, 1.165) is 11.4 Å². The Kier molecular flexibility index (Phi) is 5.41. The summed E-state index contributed by atoms with van der Waals surface area (Å²) in [6, 6.07) is 10.3. The van der Waals surface area contributed by atoms with Crippen LogP contribution in [0.1, 0.15) is 17.4 Å². The summed E-state index contributed by atoms with van der Waals surface area (Å²) in [7, 11) is 6.25. The van der Waals surface area contributed by atoms with Gasteiger partial charge in [-0.2, -0.15) is 4.68 Å². The van der Waals surface area contributed by atoms with Crippen molar-refractivity contribution in [1.29, 1.82) is 0 Å². The number of ether oxygens (including phenoxy) is 4. The Morgan fingerprint density at radius 2 is 1.52 bits per heavy atom. The topological polar surface area (TPSA) is 107 Å². The molecule has 1 unspecified atom stereocenters. The van der Waals surface area contributed by atoms with Gasteiger partial charge in [0.05, 0.1) is 40.2 Å².